The second kappa shape index (κ2) is 10.8. The summed E-state index contributed by atoms with van der Waals surface area (Å²) >= 11 is 0. The third-order valence-corrected chi connectivity index (χ3v) is 10.9. The maximum absolute atomic E-state index is 2.65. The topological polar surface area (TPSA) is 8.17 Å². The molecule has 0 radical (unpaired) electrons. The molecule has 6 aromatic carbocycles. The van der Waals surface area contributed by atoms with Gasteiger partial charge >= 0.3 is 0 Å². The second-order valence-electron chi connectivity index (χ2n) is 14.7. The highest BCUT2D eigenvalue weighted by molar-refractivity contribution is 7.01. The minimum atomic E-state index is 0.187. The Hall–Kier alpha value is -5.02. The van der Waals surface area contributed by atoms with Gasteiger partial charge in [-0.25, -0.2) is 0 Å². The highest BCUT2D eigenvalue weighted by Crippen LogP contribution is 2.47. The molecule has 0 N–H and O–H groups in total. The van der Waals surface area contributed by atoms with Crippen molar-refractivity contribution in [3.63, 3.8) is 0 Å². The van der Waals surface area contributed by atoms with Crippen LogP contribution in [0.3, 0.4) is 0 Å². The molecule has 234 valence electrons. The van der Waals surface area contributed by atoms with Gasteiger partial charge in [-0.2, -0.15) is 0 Å². The minimum absolute atomic E-state index is 0.187. The normalized spacial score (nSPS) is 13.3. The fourth-order valence-corrected chi connectivity index (χ4v) is 8.85. The molecule has 2 aliphatic heterocycles. The lowest BCUT2D eigenvalue weighted by Crippen LogP contribution is -2.56. The highest BCUT2D eigenvalue weighted by Gasteiger charge is 2.45. The van der Waals surface area contributed by atoms with Crippen molar-refractivity contribution in [2.24, 2.45) is 0 Å². The van der Waals surface area contributed by atoms with Crippen molar-refractivity contribution in [3.8, 4) is 16.8 Å². The Morgan fingerprint density at radius 1 is 0.479 bits per heavy atom. The summed E-state index contributed by atoms with van der Waals surface area (Å²) in [4.78, 5) is 2.65. The Labute approximate surface area is 284 Å². The molecule has 0 aliphatic carbocycles. The van der Waals surface area contributed by atoms with Gasteiger partial charge in [-0.05, 0) is 86.8 Å². The fourth-order valence-electron chi connectivity index (χ4n) is 8.85. The van der Waals surface area contributed by atoms with E-state index in [2.05, 4.69) is 172 Å². The molecule has 3 heteroatoms. The van der Waals surface area contributed by atoms with Crippen molar-refractivity contribution in [3.05, 3.63) is 138 Å². The van der Waals surface area contributed by atoms with Gasteiger partial charge in [0.2, 0.25) is 6.71 Å². The summed E-state index contributed by atoms with van der Waals surface area (Å²) in [6.07, 6.45) is 0. The van der Waals surface area contributed by atoms with E-state index in [1.807, 2.05) is 0 Å². The van der Waals surface area contributed by atoms with Gasteiger partial charge in [0, 0.05) is 33.5 Å². The Balaban J connectivity index is 1.47. The van der Waals surface area contributed by atoms with Crippen LogP contribution in [0, 0.1) is 0 Å². The lowest BCUT2D eigenvalue weighted by Gasteiger charge is -2.40. The second-order valence-corrected chi connectivity index (χ2v) is 14.7. The molecule has 1 aromatic heterocycles. The monoisotopic (exact) mass is 620 g/mol. The van der Waals surface area contributed by atoms with Gasteiger partial charge in [0.15, 0.2) is 0 Å². The first-order valence-corrected chi connectivity index (χ1v) is 17.7. The summed E-state index contributed by atoms with van der Waals surface area (Å²) in [6, 6.07) is 45.9. The zero-order chi connectivity index (χ0) is 32.8. The predicted molar refractivity (Wildman–Crippen MR) is 208 cm³/mol. The van der Waals surface area contributed by atoms with Crippen LogP contribution in [0.2, 0.25) is 0 Å². The van der Waals surface area contributed by atoms with Crippen molar-refractivity contribution in [2.75, 3.05) is 4.90 Å². The fraction of sp³-hybridized carbons (Fsp3) is 0.200. The number of anilines is 3. The maximum Gasteiger partial charge on any atom is 0.248 e. The summed E-state index contributed by atoms with van der Waals surface area (Å²) in [6.45, 7) is 14.2. The molecule has 0 atom stereocenters. The Bertz CT molecular complexity index is 2360. The molecule has 0 saturated carbocycles. The van der Waals surface area contributed by atoms with Crippen LogP contribution in [-0.4, -0.2) is 11.3 Å². The SMILES string of the molecule is CC(C)c1ccccc1N1c2cc(-n3c4ccccc4c4ccccc43)cc3c2B(c2cccc(C(C)C)c21)c1c-3cccc1C(C)C. The summed E-state index contributed by atoms with van der Waals surface area (Å²) in [5.41, 5.74) is 18.9. The van der Waals surface area contributed by atoms with Crippen LogP contribution >= 0.6 is 0 Å². The van der Waals surface area contributed by atoms with Crippen LogP contribution in [0.5, 0.6) is 0 Å². The molecule has 0 unspecified atom stereocenters. The number of para-hydroxylation sites is 4. The molecule has 0 spiro atoms. The summed E-state index contributed by atoms with van der Waals surface area (Å²) < 4.78 is 2.50. The van der Waals surface area contributed by atoms with E-state index >= 15 is 0 Å². The van der Waals surface area contributed by atoms with Crippen LogP contribution < -0.4 is 21.3 Å². The number of hydrogen-bond acceptors (Lipinski definition) is 1. The first-order chi connectivity index (χ1) is 23.3. The van der Waals surface area contributed by atoms with E-state index in [4.69, 9.17) is 0 Å². The quantitative estimate of drug-likeness (QED) is 0.174. The van der Waals surface area contributed by atoms with Crippen molar-refractivity contribution >= 4 is 62.0 Å². The third-order valence-electron chi connectivity index (χ3n) is 10.9. The van der Waals surface area contributed by atoms with Gasteiger partial charge in [0.25, 0.3) is 0 Å². The van der Waals surface area contributed by atoms with E-state index in [1.54, 1.807) is 0 Å². The molecule has 9 rings (SSSR count). The lowest BCUT2D eigenvalue weighted by molar-refractivity contribution is 0.855. The molecule has 3 heterocycles. The summed E-state index contributed by atoms with van der Waals surface area (Å²) in [5, 5.41) is 2.58. The van der Waals surface area contributed by atoms with Crippen molar-refractivity contribution in [2.45, 2.75) is 59.3 Å². The van der Waals surface area contributed by atoms with Crippen LogP contribution in [0.4, 0.5) is 17.1 Å². The van der Waals surface area contributed by atoms with Crippen molar-refractivity contribution in [1.29, 1.82) is 0 Å². The van der Waals surface area contributed by atoms with Crippen molar-refractivity contribution < 1.29 is 0 Å². The Morgan fingerprint density at radius 3 is 1.75 bits per heavy atom. The first-order valence-electron chi connectivity index (χ1n) is 17.7. The minimum Gasteiger partial charge on any atom is -0.311 e. The summed E-state index contributed by atoms with van der Waals surface area (Å²) in [7, 11) is 0. The van der Waals surface area contributed by atoms with E-state index in [0.29, 0.717) is 17.8 Å². The first kappa shape index (κ1) is 29.1. The molecule has 0 amide bonds. The van der Waals surface area contributed by atoms with Gasteiger partial charge in [0.05, 0.1) is 11.0 Å². The standard InChI is InChI=1S/C45H41BN2/c1-27(2)31-15-7-10-22-39(31)48-42-26-30(47-40-23-11-8-16-34(40)35-17-9-12-24-41(35)47)25-37-36-20-13-18-32(28(3)4)43(36)46(44(37)42)38-21-14-19-33(29(5)6)45(38)48/h7-29H,1-6H3. The zero-order valence-corrected chi connectivity index (χ0v) is 28.8. The maximum atomic E-state index is 2.65. The largest absolute Gasteiger partial charge is 0.311 e. The smallest absolute Gasteiger partial charge is 0.248 e. The third kappa shape index (κ3) is 4.00. The Morgan fingerprint density at radius 2 is 1.06 bits per heavy atom. The van der Waals surface area contributed by atoms with Crippen LogP contribution in [0.25, 0.3) is 38.6 Å². The Kier molecular flexibility index (Phi) is 6.53. The van der Waals surface area contributed by atoms with Crippen LogP contribution in [0.15, 0.2) is 121 Å². The molecule has 0 fully saturated rings. The molecular formula is C45H41BN2. The number of aromatic nitrogens is 1. The van der Waals surface area contributed by atoms with Gasteiger partial charge < -0.3 is 9.47 Å². The van der Waals surface area contributed by atoms with Gasteiger partial charge in [-0.15, -0.1) is 0 Å². The molecule has 2 nitrogen and oxygen atoms in total. The molecule has 2 aliphatic rings. The van der Waals surface area contributed by atoms with Crippen LogP contribution in [-0.2, 0) is 0 Å². The lowest BCUT2D eigenvalue weighted by atomic mass is 9.36. The number of nitrogens with zero attached hydrogens (tertiary/aromatic N) is 2. The number of fused-ring (bicyclic) bond motifs is 8. The molecular weight excluding hydrogens is 579 g/mol. The predicted octanol–water partition coefficient (Wildman–Crippen LogP) is 10.4. The number of benzene rings is 6. The summed E-state index contributed by atoms with van der Waals surface area (Å²) in [5.74, 6) is 1.18. The highest BCUT2D eigenvalue weighted by atomic mass is 15.2. The molecule has 0 bridgehead atoms. The number of rotatable bonds is 5. The van der Waals surface area contributed by atoms with E-state index in [9.17, 15) is 0 Å². The van der Waals surface area contributed by atoms with Gasteiger partial charge in [0.1, 0.15) is 0 Å². The van der Waals surface area contributed by atoms with E-state index < -0.39 is 0 Å². The molecule has 7 aromatic rings. The zero-order valence-electron chi connectivity index (χ0n) is 28.8. The van der Waals surface area contributed by atoms with Gasteiger partial charge in [-0.3, -0.25) is 0 Å². The van der Waals surface area contributed by atoms with Crippen LogP contribution in [0.1, 0.15) is 76.0 Å². The van der Waals surface area contributed by atoms with E-state index in [0.717, 1.165) is 0 Å². The van der Waals surface area contributed by atoms with Crippen molar-refractivity contribution in [1.82, 2.24) is 4.57 Å². The van der Waals surface area contributed by atoms with E-state index in [-0.39, 0.29) is 6.71 Å². The number of hydrogen-bond donors (Lipinski definition) is 0. The van der Waals surface area contributed by atoms with Gasteiger partial charge in [-0.1, -0.05) is 138 Å². The molecule has 48 heavy (non-hydrogen) atoms. The molecule has 0 saturated heterocycles. The average Bonchev–Trinajstić information content (AvgIpc) is 3.62. The average molecular weight is 621 g/mol. The van der Waals surface area contributed by atoms with E-state index in [1.165, 1.54) is 88.8 Å².